The molecule has 0 bridgehead atoms. The van der Waals surface area contributed by atoms with E-state index in [9.17, 15) is 4.39 Å². The Morgan fingerprint density at radius 2 is 1.88 bits per heavy atom. The minimum absolute atomic E-state index is 0.170. The largest absolute Gasteiger partial charge is 0.357 e. The SMILES string of the molecule is CCNC(=NCC(C)(C)c1ccc(F)cc1)NCCc1ccccn1. The van der Waals surface area contributed by atoms with E-state index in [4.69, 9.17) is 4.99 Å². The Balaban J connectivity index is 1.94. The molecule has 0 saturated carbocycles. The van der Waals surface area contributed by atoms with Crippen molar-refractivity contribution < 1.29 is 4.39 Å². The standard InChI is InChI=1S/C20H27FN4/c1-4-22-19(24-14-12-18-7-5-6-13-23-18)25-15-20(2,3)16-8-10-17(21)11-9-16/h5-11,13H,4,12,14-15H2,1-3H3,(H2,22,24,25). The molecule has 0 amide bonds. The van der Waals surface area contributed by atoms with Gasteiger partial charge in [0.1, 0.15) is 5.82 Å². The molecule has 5 heteroatoms. The third-order valence-corrected chi connectivity index (χ3v) is 4.00. The van der Waals surface area contributed by atoms with Crippen LogP contribution in [0, 0.1) is 5.82 Å². The third kappa shape index (κ3) is 6.18. The third-order valence-electron chi connectivity index (χ3n) is 4.00. The Hall–Kier alpha value is -2.43. The van der Waals surface area contributed by atoms with Crippen LogP contribution in [0.25, 0.3) is 0 Å². The summed E-state index contributed by atoms with van der Waals surface area (Å²) >= 11 is 0. The lowest BCUT2D eigenvalue weighted by molar-refractivity contribution is 0.534. The predicted molar refractivity (Wildman–Crippen MR) is 101 cm³/mol. The van der Waals surface area contributed by atoms with Crippen molar-refractivity contribution >= 4 is 5.96 Å². The first kappa shape index (κ1) is 18.9. The molecule has 0 atom stereocenters. The maximum Gasteiger partial charge on any atom is 0.191 e. The van der Waals surface area contributed by atoms with Crippen LogP contribution in [0.2, 0.25) is 0 Å². The molecule has 0 aliphatic carbocycles. The van der Waals surface area contributed by atoms with Gasteiger partial charge in [-0.3, -0.25) is 9.98 Å². The van der Waals surface area contributed by atoms with Crippen molar-refractivity contribution in [2.45, 2.75) is 32.6 Å². The van der Waals surface area contributed by atoms with Gasteiger partial charge in [0.05, 0.1) is 6.54 Å². The monoisotopic (exact) mass is 342 g/mol. The first-order valence-corrected chi connectivity index (χ1v) is 8.69. The Bertz CT molecular complexity index is 666. The van der Waals surface area contributed by atoms with Crippen molar-refractivity contribution in [3.63, 3.8) is 0 Å². The first-order chi connectivity index (χ1) is 12.0. The molecule has 1 aromatic carbocycles. The first-order valence-electron chi connectivity index (χ1n) is 8.69. The molecule has 1 heterocycles. The Morgan fingerprint density at radius 1 is 1.12 bits per heavy atom. The quantitative estimate of drug-likeness (QED) is 0.600. The lowest BCUT2D eigenvalue weighted by Crippen LogP contribution is -2.39. The highest BCUT2D eigenvalue weighted by Crippen LogP contribution is 2.23. The molecule has 0 spiro atoms. The van der Waals surface area contributed by atoms with Crippen molar-refractivity contribution in [3.05, 3.63) is 65.7 Å². The zero-order valence-electron chi connectivity index (χ0n) is 15.2. The molecule has 25 heavy (non-hydrogen) atoms. The number of pyridine rings is 1. The van der Waals surface area contributed by atoms with Gasteiger partial charge in [-0.1, -0.05) is 32.0 Å². The Kier molecular flexibility index (Phi) is 6.92. The molecule has 0 fully saturated rings. The molecule has 2 aromatic rings. The second kappa shape index (κ2) is 9.16. The van der Waals surface area contributed by atoms with E-state index in [0.29, 0.717) is 6.54 Å². The van der Waals surface area contributed by atoms with Gasteiger partial charge in [0.15, 0.2) is 5.96 Å². The molecule has 0 radical (unpaired) electrons. The highest BCUT2D eigenvalue weighted by Gasteiger charge is 2.20. The van der Waals surface area contributed by atoms with Gasteiger partial charge >= 0.3 is 0 Å². The van der Waals surface area contributed by atoms with E-state index in [2.05, 4.69) is 29.5 Å². The van der Waals surface area contributed by atoms with Crippen LogP contribution in [0.15, 0.2) is 53.7 Å². The highest BCUT2D eigenvalue weighted by molar-refractivity contribution is 5.79. The molecule has 0 aliphatic rings. The lowest BCUT2D eigenvalue weighted by atomic mass is 9.85. The van der Waals surface area contributed by atoms with Crippen molar-refractivity contribution in [2.24, 2.45) is 4.99 Å². The van der Waals surface area contributed by atoms with Crippen LogP contribution in [0.1, 0.15) is 32.0 Å². The molecule has 0 saturated heterocycles. The van der Waals surface area contributed by atoms with Crippen molar-refractivity contribution in [1.82, 2.24) is 15.6 Å². The average molecular weight is 342 g/mol. The zero-order valence-corrected chi connectivity index (χ0v) is 15.2. The van der Waals surface area contributed by atoms with Crippen LogP contribution in [0.5, 0.6) is 0 Å². The summed E-state index contributed by atoms with van der Waals surface area (Å²) in [6.07, 6.45) is 2.65. The van der Waals surface area contributed by atoms with E-state index < -0.39 is 0 Å². The van der Waals surface area contributed by atoms with E-state index >= 15 is 0 Å². The van der Waals surface area contributed by atoms with Gasteiger partial charge in [0.25, 0.3) is 0 Å². The number of hydrogen-bond acceptors (Lipinski definition) is 2. The van der Waals surface area contributed by atoms with Crippen molar-refractivity contribution in [1.29, 1.82) is 0 Å². The number of nitrogens with zero attached hydrogens (tertiary/aromatic N) is 2. The topological polar surface area (TPSA) is 49.3 Å². The maximum absolute atomic E-state index is 13.1. The fourth-order valence-corrected chi connectivity index (χ4v) is 2.47. The second-order valence-corrected chi connectivity index (χ2v) is 6.58. The van der Waals surface area contributed by atoms with E-state index in [1.807, 2.05) is 37.3 Å². The number of benzene rings is 1. The van der Waals surface area contributed by atoms with Crippen LogP contribution >= 0.6 is 0 Å². The van der Waals surface area contributed by atoms with Crippen molar-refractivity contribution in [3.8, 4) is 0 Å². The molecule has 0 unspecified atom stereocenters. The molecule has 0 aliphatic heterocycles. The maximum atomic E-state index is 13.1. The van der Waals surface area contributed by atoms with Crippen LogP contribution < -0.4 is 10.6 Å². The van der Waals surface area contributed by atoms with E-state index in [1.54, 1.807) is 6.20 Å². The molecular formula is C20H27FN4. The number of hydrogen-bond donors (Lipinski definition) is 2. The van der Waals surface area contributed by atoms with Crippen LogP contribution in [0.3, 0.4) is 0 Å². The van der Waals surface area contributed by atoms with E-state index in [1.165, 1.54) is 12.1 Å². The van der Waals surface area contributed by atoms with E-state index in [-0.39, 0.29) is 11.2 Å². The van der Waals surface area contributed by atoms with Gasteiger partial charge in [0.2, 0.25) is 0 Å². The van der Waals surface area contributed by atoms with Crippen LogP contribution in [-0.4, -0.2) is 30.6 Å². The van der Waals surface area contributed by atoms with Gasteiger partial charge in [0, 0.05) is 36.8 Å². The number of aromatic nitrogens is 1. The fraction of sp³-hybridized carbons (Fsp3) is 0.400. The normalized spacial score (nSPS) is 12.1. The minimum Gasteiger partial charge on any atom is -0.357 e. The predicted octanol–water partition coefficient (Wildman–Crippen LogP) is 3.30. The summed E-state index contributed by atoms with van der Waals surface area (Å²) in [7, 11) is 0. The van der Waals surface area contributed by atoms with Gasteiger partial charge in [-0.2, -0.15) is 0 Å². The van der Waals surface area contributed by atoms with Crippen molar-refractivity contribution in [2.75, 3.05) is 19.6 Å². The fourth-order valence-electron chi connectivity index (χ4n) is 2.47. The van der Waals surface area contributed by atoms with Crippen LogP contribution in [-0.2, 0) is 11.8 Å². The van der Waals surface area contributed by atoms with E-state index in [0.717, 1.165) is 36.7 Å². The van der Waals surface area contributed by atoms with Gasteiger partial charge in [-0.15, -0.1) is 0 Å². The smallest absolute Gasteiger partial charge is 0.191 e. The summed E-state index contributed by atoms with van der Waals surface area (Å²) in [6, 6.07) is 12.6. The van der Waals surface area contributed by atoms with Crippen LogP contribution in [0.4, 0.5) is 4.39 Å². The summed E-state index contributed by atoms with van der Waals surface area (Å²) < 4.78 is 13.1. The average Bonchev–Trinajstić information content (AvgIpc) is 2.61. The van der Waals surface area contributed by atoms with Gasteiger partial charge in [-0.25, -0.2) is 4.39 Å². The highest BCUT2D eigenvalue weighted by atomic mass is 19.1. The van der Waals surface area contributed by atoms with Gasteiger partial charge in [-0.05, 0) is 36.8 Å². The molecule has 2 N–H and O–H groups in total. The number of aliphatic imine (C=N–C) groups is 1. The summed E-state index contributed by atoms with van der Waals surface area (Å²) in [6.45, 7) is 8.44. The lowest BCUT2D eigenvalue weighted by Gasteiger charge is -2.24. The molecule has 4 nitrogen and oxygen atoms in total. The molecule has 2 rings (SSSR count). The number of rotatable bonds is 7. The summed E-state index contributed by atoms with van der Waals surface area (Å²) in [4.78, 5) is 9.02. The zero-order chi connectivity index (χ0) is 18.1. The minimum atomic E-state index is -0.215. The van der Waals surface area contributed by atoms with Gasteiger partial charge < -0.3 is 10.6 Å². The summed E-state index contributed by atoms with van der Waals surface area (Å²) in [5.41, 5.74) is 1.95. The molecule has 134 valence electrons. The molecular weight excluding hydrogens is 315 g/mol. The number of halogens is 1. The second-order valence-electron chi connectivity index (χ2n) is 6.58. The molecule has 1 aromatic heterocycles. The summed E-state index contributed by atoms with van der Waals surface area (Å²) in [5.74, 6) is 0.571. The number of guanidine groups is 1. The number of nitrogens with one attached hydrogen (secondary N) is 2. The summed E-state index contributed by atoms with van der Waals surface area (Å²) in [5, 5.41) is 6.60. The Labute approximate surface area is 149 Å². The Morgan fingerprint density at radius 3 is 2.52 bits per heavy atom.